The first-order valence-corrected chi connectivity index (χ1v) is 4.93. The van der Waals surface area contributed by atoms with Gasteiger partial charge in [-0.2, -0.15) is 10.4 Å². The Morgan fingerprint density at radius 3 is 3.07 bits per heavy atom. The van der Waals surface area contributed by atoms with Gasteiger partial charge in [0.2, 0.25) is 0 Å². The topological polar surface area (TPSA) is 53.6 Å². The van der Waals surface area contributed by atoms with E-state index in [1.54, 1.807) is 0 Å². The second kappa shape index (κ2) is 3.81. The van der Waals surface area contributed by atoms with Crippen LogP contribution in [0.15, 0.2) is 12.3 Å². The number of hydrogen-bond acceptors (Lipinski definition) is 3. The maximum Gasteiger partial charge on any atom is 0.115 e. The van der Waals surface area contributed by atoms with Crippen LogP contribution in [0.3, 0.4) is 0 Å². The van der Waals surface area contributed by atoms with Gasteiger partial charge >= 0.3 is 0 Å². The van der Waals surface area contributed by atoms with E-state index >= 15 is 0 Å². The van der Waals surface area contributed by atoms with E-state index in [4.69, 9.17) is 5.26 Å². The number of nitrogens with zero attached hydrogens (tertiary/aromatic N) is 3. The van der Waals surface area contributed by atoms with Crippen molar-refractivity contribution in [3.8, 4) is 6.07 Å². The molecule has 1 fully saturated rings. The standard InChI is InChI=1S/C10H14N4/c1-8-4-5-14(13-8)7-10(6-11)12-9-2-3-9/h4-5,9-10,12H,2-3,7H2,1H3. The zero-order chi connectivity index (χ0) is 9.97. The average Bonchev–Trinajstić information content (AvgIpc) is 2.89. The van der Waals surface area contributed by atoms with Crippen LogP contribution >= 0.6 is 0 Å². The van der Waals surface area contributed by atoms with E-state index in [1.807, 2.05) is 23.9 Å². The molecule has 0 bridgehead atoms. The first-order valence-electron chi connectivity index (χ1n) is 4.93. The molecule has 1 aromatic rings. The summed E-state index contributed by atoms with van der Waals surface area (Å²) in [5.41, 5.74) is 0.994. The van der Waals surface area contributed by atoms with Gasteiger partial charge in [-0.3, -0.25) is 10.00 Å². The summed E-state index contributed by atoms with van der Waals surface area (Å²) in [6.07, 6.45) is 4.32. The van der Waals surface area contributed by atoms with Crippen LogP contribution < -0.4 is 5.32 Å². The lowest BCUT2D eigenvalue weighted by molar-refractivity contribution is 0.487. The Hall–Kier alpha value is -1.34. The molecule has 1 aromatic heterocycles. The molecule has 0 saturated heterocycles. The Morgan fingerprint density at radius 2 is 2.57 bits per heavy atom. The van der Waals surface area contributed by atoms with Crippen LogP contribution in [-0.4, -0.2) is 21.9 Å². The first kappa shape index (κ1) is 9.22. The van der Waals surface area contributed by atoms with Gasteiger partial charge in [0.15, 0.2) is 0 Å². The molecule has 0 aliphatic heterocycles. The summed E-state index contributed by atoms with van der Waals surface area (Å²) in [6.45, 7) is 2.59. The third-order valence-electron chi connectivity index (χ3n) is 2.31. The van der Waals surface area contributed by atoms with Crippen LogP contribution in [0.1, 0.15) is 18.5 Å². The maximum atomic E-state index is 8.92. The second-order valence-corrected chi connectivity index (χ2v) is 3.80. The van der Waals surface area contributed by atoms with Gasteiger partial charge in [-0.15, -0.1) is 0 Å². The van der Waals surface area contributed by atoms with Crippen molar-refractivity contribution in [2.75, 3.05) is 0 Å². The van der Waals surface area contributed by atoms with Gasteiger partial charge in [-0.1, -0.05) is 0 Å². The number of rotatable bonds is 4. The predicted molar refractivity (Wildman–Crippen MR) is 52.5 cm³/mol. The van der Waals surface area contributed by atoms with Crippen LogP contribution in [-0.2, 0) is 6.54 Å². The lowest BCUT2D eigenvalue weighted by Gasteiger charge is -2.10. The smallest absolute Gasteiger partial charge is 0.115 e. The molecule has 1 aliphatic carbocycles. The third-order valence-corrected chi connectivity index (χ3v) is 2.31. The van der Waals surface area contributed by atoms with E-state index in [9.17, 15) is 0 Å². The SMILES string of the molecule is Cc1ccn(CC(C#N)NC2CC2)n1. The summed E-state index contributed by atoms with van der Waals surface area (Å²) >= 11 is 0. The minimum Gasteiger partial charge on any atom is -0.298 e. The fourth-order valence-corrected chi connectivity index (χ4v) is 1.42. The van der Waals surface area contributed by atoms with Gasteiger partial charge in [-0.05, 0) is 25.8 Å². The fourth-order valence-electron chi connectivity index (χ4n) is 1.42. The highest BCUT2D eigenvalue weighted by Crippen LogP contribution is 2.19. The lowest BCUT2D eigenvalue weighted by Crippen LogP contribution is -2.33. The molecule has 4 heteroatoms. The Bertz CT molecular complexity index is 345. The average molecular weight is 190 g/mol. The largest absolute Gasteiger partial charge is 0.298 e. The van der Waals surface area contributed by atoms with E-state index in [0.29, 0.717) is 12.6 Å². The molecule has 1 heterocycles. The van der Waals surface area contributed by atoms with E-state index in [0.717, 1.165) is 5.69 Å². The molecule has 4 nitrogen and oxygen atoms in total. The highest BCUT2D eigenvalue weighted by molar-refractivity contribution is 4.99. The normalized spacial score (nSPS) is 17.7. The predicted octanol–water partition coefficient (Wildman–Crippen LogP) is 0.836. The molecule has 2 rings (SSSR count). The number of nitriles is 1. The van der Waals surface area contributed by atoms with Crippen LogP contribution in [0.25, 0.3) is 0 Å². The molecule has 1 atom stereocenters. The van der Waals surface area contributed by atoms with Crippen LogP contribution in [0, 0.1) is 18.3 Å². The van der Waals surface area contributed by atoms with Crippen molar-refractivity contribution in [1.29, 1.82) is 5.26 Å². The van der Waals surface area contributed by atoms with E-state index in [-0.39, 0.29) is 6.04 Å². The van der Waals surface area contributed by atoms with E-state index in [2.05, 4.69) is 16.5 Å². The van der Waals surface area contributed by atoms with Crippen molar-refractivity contribution in [3.05, 3.63) is 18.0 Å². The first-order chi connectivity index (χ1) is 6.78. The number of aromatic nitrogens is 2. The number of aryl methyl sites for hydroxylation is 1. The number of hydrogen-bond donors (Lipinski definition) is 1. The molecular formula is C10H14N4. The Morgan fingerprint density at radius 1 is 1.79 bits per heavy atom. The zero-order valence-electron chi connectivity index (χ0n) is 8.27. The molecule has 1 aliphatic rings. The van der Waals surface area contributed by atoms with Gasteiger partial charge in [0.05, 0.1) is 18.3 Å². The van der Waals surface area contributed by atoms with E-state index < -0.39 is 0 Å². The highest BCUT2D eigenvalue weighted by Gasteiger charge is 2.24. The van der Waals surface area contributed by atoms with Gasteiger partial charge in [0.1, 0.15) is 6.04 Å². The molecule has 74 valence electrons. The highest BCUT2D eigenvalue weighted by atomic mass is 15.3. The number of nitrogens with one attached hydrogen (secondary N) is 1. The molecule has 1 N–H and O–H groups in total. The molecule has 0 spiro atoms. The quantitative estimate of drug-likeness (QED) is 0.765. The molecular weight excluding hydrogens is 176 g/mol. The Labute approximate surface area is 83.5 Å². The molecule has 1 saturated carbocycles. The lowest BCUT2D eigenvalue weighted by atomic mass is 10.3. The maximum absolute atomic E-state index is 8.92. The second-order valence-electron chi connectivity index (χ2n) is 3.80. The van der Waals surface area contributed by atoms with Crippen molar-refractivity contribution >= 4 is 0 Å². The van der Waals surface area contributed by atoms with Crippen LogP contribution in [0.2, 0.25) is 0 Å². The van der Waals surface area contributed by atoms with Crippen LogP contribution in [0.4, 0.5) is 0 Å². The summed E-state index contributed by atoms with van der Waals surface area (Å²) < 4.78 is 1.82. The summed E-state index contributed by atoms with van der Waals surface area (Å²) in [5, 5.41) is 16.4. The minimum absolute atomic E-state index is 0.109. The Balaban J connectivity index is 1.90. The van der Waals surface area contributed by atoms with Crippen molar-refractivity contribution in [3.63, 3.8) is 0 Å². The molecule has 0 radical (unpaired) electrons. The van der Waals surface area contributed by atoms with Gasteiger partial charge in [0.25, 0.3) is 0 Å². The van der Waals surface area contributed by atoms with Crippen molar-refractivity contribution < 1.29 is 0 Å². The minimum atomic E-state index is -0.109. The Kier molecular flexibility index (Phi) is 2.51. The van der Waals surface area contributed by atoms with Gasteiger partial charge in [-0.25, -0.2) is 0 Å². The zero-order valence-corrected chi connectivity index (χ0v) is 8.27. The molecule has 1 unspecified atom stereocenters. The van der Waals surface area contributed by atoms with Crippen molar-refractivity contribution in [2.45, 2.75) is 38.4 Å². The summed E-state index contributed by atoms with van der Waals surface area (Å²) in [4.78, 5) is 0. The third kappa shape index (κ3) is 2.33. The molecule has 0 amide bonds. The van der Waals surface area contributed by atoms with Gasteiger partial charge < -0.3 is 0 Å². The fraction of sp³-hybridized carbons (Fsp3) is 0.600. The molecule has 0 aromatic carbocycles. The molecule has 14 heavy (non-hydrogen) atoms. The summed E-state index contributed by atoms with van der Waals surface area (Å²) in [5.74, 6) is 0. The summed E-state index contributed by atoms with van der Waals surface area (Å²) in [6, 6.07) is 4.67. The van der Waals surface area contributed by atoms with Gasteiger partial charge in [0, 0.05) is 12.2 Å². The van der Waals surface area contributed by atoms with E-state index in [1.165, 1.54) is 12.8 Å². The van der Waals surface area contributed by atoms with Crippen molar-refractivity contribution in [2.24, 2.45) is 0 Å². The van der Waals surface area contributed by atoms with Crippen LogP contribution in [0.5, 0.6) is 0 Å². The van der Waals surface area contributed by atoms with Crippen molar-refractivity contribution in [1.82, 2.24) is 15.1 Å². The monoisotopic (exact) mass is 190 g/mol. The summed E-state index contributed by atoms with van der Waals surface area (Å²) in [7, 11) is 0.